The smallest absolute Gasteiger partial charge is 0.203 e. The van der Waals surface area contributed by atoms with E-state index in [1.54, 1.807) is 24.3 Å². The summed E-state index contributed by atoms with van der Waals surface area (Å²) < 4.78 is 32.9. The second-order valence-corrected chi connectivity index (χ2v) is 6.84. The maximum Gasteiger partial charge on any atom is 0.203 e. The molecule has 2 atom stereocenters. The number of methoxy groups -OCH3 is 5. The molecule has 1 fully saturated rings. The van der Waals surface area contributed by atoms with Crippen molar-refractivity contribution in [1.29, 1.82) is 0 Å². The molecule has 0 N–H and O–H groups in total. The molecule has 1 aliphatic rings. The predicted molar refractivity (Wildman–Crippen MR) is 105 cm³/mol. The first-order chi connectivity index (χ1) is 13.5. The minimum Gasteiger partial charge on any atom is -0.493 e. The molecular formula is C20H21BrO7. The van der Waals surface area contributed by atoms with E-state index in [2.05, 4.69) is 15.9 Å². The van der Waals surface area contributed by atoms with Crippen LogP contribution in [0.15, 0.2) is 28.7 Å². The molecular weight excluding hydrogens is 432 g/mol. The molecule has 28 heavy (non-hydrogen) atoms. The first-order valence-electron chi connectivity index (χ1n) is 8.40. The molecule has 0 bridgehead atoms. The second-order valence-electron chi connectivity index (χ2n) is 5.99. The highest BCUT2D eigenvalue weighted by atomic mass is 79.9. The van der Waals surface area contributed by atoms with Crippen LogP contribution in [0.2, 0.25) is 0 Å². The van der Waals surface area contributed by atoms with Crippen molar-refractivity contribution >= 4 is 21.7 Å². The van der Waals surface area contributed by atoms with Crippen molar-refractivity contribution in [3.63, 3.8) is 0 Å². The standard InChI is InChI=1S/C20H21BrO7/c1-23-13-8-11(12(21)9-14(13)24-2)17(22)20-18(28-20)10-6-15(25-3)19(27-5)16(7-10)26-4/h6-9,18,20H,1-5H3/t18-,20-/m1/s1. The van der Waals surface area contributed by atoms with Crippen molar-refractivity contribution in [1.82, 2.24) is 0 Å². The van der Waals surface area contributed by atoms with Crippen LogP contribution in [0.1, 0.15) is 22.0 Å². The number of hydrogen-bond donors (Lipinski definition) is 0. The van der Waals surface area contributed by atoms with Crippen LogP contribution in [-0.4, -0.2) is 47.4 Å². The monoisotopic (exact) mass is 452 g/mol. The van der Waals surface area contributed by atoms with E-state index in [0.717, 1.165) is 5.56 Å². The van der Waals surface area contributed by atoms with Crippen molar-refractivity contribution in [2.75, 3.05) is 35.5 Å². The highest BCUT2D eigenvalue weighted by Gasteiger charge is 2.47. The third-order valence-electron chi connectivity index (χ3n) is 4.50. The maximum atomic E-state index is 13.0. The van der Waals surface area contributed by atoms with E-state index in [-0.39, 0.29) is 5.78 Å². The molecule has 0 unspecified atom stereocenters. The third kappa shape index (κ3) is 3.62. The van der Waals surface area contributed by atoms with Gasteiger partial charge in [-0.25, -0.2) is 0 Å². The van der Waals surface area contributed by atoms with Crippen molar-refractivity contribution < 1.29 is 33.2 Å². The second kappa shape index (κ2) is 8.28. The van der Waals surface area contributed by atoms with Gasteiger partial charge in [0.15, 0.2) is 34.9 Å². The zero-order chi connectivity index (χ0) is 20.4. The Morgan fingerprint density at radius 2 is 1.36 bits per heavy atom. The average molecular weight is 453 g/mol. The van der Waals surface area contributed by atoms with E-state index in [1.165, 1.54) is 35.5 Å². The minimum atomic E-state index is -0.614. The summed E-state index contributed by atoms with van der Waals surface area (Å²) in [5, 5.41) is 0. The summed E-state index contributed by atoms with van der Waals surface area (Å²) in [6.45, 7) is 0. The van der Waals surface area contributed by atoms with Gasteiger partial charge in [0.25, 0.3) is 0 Å². The molecule has 2 aromatic rings. The van der Waals surface area contributed by atoms with Gasteiger partial charge in [-0.15, -0.1) is 0 Å². The highest BCUT2D eigenvalue weighted by molar-refractivity contribution is 9.10. The molecule has 1 heterocycles. The summed E-state index contributed by atoms with van der Waals surface area (Å²) in [6.07, 6.45) is -1.02. The van der Waals surface area contributed by atoms with Crippen LogP contribution in [0.3, 0.4) is 0 Å². The van der Waals surface area contributed by atoms with Gasteiger partial charge in [-0.2, -0.15) is 0 Å². The zero-order valence-electron chi connectivity index (χ0n) is 16.2. The average Bonchev–Trinajstić information content (AvgIpc) is 3.52. The zero-order valence-corrected chi connectivity index (χ0v) is 17.8. The maximum absolute atomic E-state index is 13.0. The largest absolute Gasteiger partial charge is 0.493 e. The number of ether oxygens (including phenoxy) is 6. The molecule has 0 amide bonds. The van der Waals surface area contributed by atoms with E-state index in [0.29, 0.717) is 38.8 Å². The lowest BCUT2D eigenvalue weighted by molar-refractivity contribution is 0.0952. The van der Waals surface area contributed by atoms with Gasteiger partial charge in [-0.3, -0.25) is 4.79 Å². The molecule has 0 aromatic heterocycles. The summed E-state index contributed by atoms with van der Waals surface area (Å²) in [5.41, 5.74) is 1.22. The van der Waals surface area contributed by atoms with Gasteiger partial charge < -0.3 is 28.4 Å². The predicted octanol–water partition coefficient (Wildman–Crippen LogP) is 3.81. The van der Waals surface area contributed by atoms with Gasteiger partial charge in [0.1, 0.15) is 6.10 Å². The minimum absolute atomic E-state index is 0.161. The van der Waals surface area contributed by atoms with Gasteiger partial charge in [0.2, 0.25) is 5.75 Å². The third-order valence-corrected chi connectivity index (χ3v) is 5.16. The summed E-state index contributed by atoms with van der Waals surface area (Å²) >= 11 is 3.42. The number of halogens is 1. The van der Waals surface area contributed by atoms with Gasteiger partial charge in [-0.05, 0) is 45.8 Å². The Labute approximate surface area is 171 Å². The van der Waals surface area contributed by atoms with Crippen LogP contribution >= 0.6 is 15.9 Å². The van der Waals surface area contributed by atoms with Crippen molar-refractivity contribution in [2.24, 2.45) is 0 Å². The lowest BCUT2D eigenvalue weighted by atomic mass is 10.0. The van der Waals surface area contributed by atoms with E-state index < -0.39 is 12.2 Å². The fourth-order valence-electron chi connectivity index (χ4n) is 3.03. The molecule has 0 saturated carbocycles. The molecule has 8 heteroatoms. The Morgan fingerprint density at radius 3 is 1.86 bits per heavy atom. The SMILES string of the molecule is COc1cc(Br)c(C(=O)[C@H]2O[C@@H]2c2cc(OC)c(OC)c(OC)c2)cc1OC. The number of Topliss-reactive ketones (excluding diaryl/α,β-unsaturated/α-hetero) is 1. The fraction of sp³-hybridized carbons (Fsp3) is 0.350. The van der Waals surface area contributed by atoms with E-state index in [1.807, 2.05) is 0 Å². The van der Waals surface area contributed by atoms with Gasteiger partial charge in [-0.1, -0.05) is 0 Å². The van der Waals surface area contributed by atoms with Crippen molar-refractivity contribution in [3.8, 4) is 28.7 Å². The molecule has 0 aliphatic carbocycles. The van der Waals surface area contributed by atoms with Gasteiger partial charge in [0, 0.05) is 10.0 Å². The van der Waals surface area contributed by atoms with E-state index in [4.69, 9.17) is 28.4 Å². The Kier molecular flexibility index (Phi) is 6.00. The fourth-order valence-corrected chi connectivity index (χ4v) is 3.54. The molecule has 1 saturated heterocycles. The quantitative estimate of drug-likeness (QED) is 0.445. The summed E-state index contributed by atoms with van der Waals surface area (Å²) in [4.78, 5) is 13.0. The van der Waals surface area contributed by atoms with Crippen molar-refractivity contribution in [3.05, 3.63) is 39.9 Å². The molecule has 3 rings (SSSR count). The first kappa shape index (κ1) is 20.3. The Hall–Kier alpha value is -2.45. The lowest BCUT2D eigenvalue weighted by Crippen LogP contribution is -2.10. The Bertz CT molecular complexity index is 871. The first-order valence-corrected chi connectivity index (χ1v) is 9.19. The van der Waals surface area contributed by atoms with Gasteiger partial charge in [0.05, 0.1) is 35.5 Å². The number of epoxide rings is 1. The molecule has 0 spiro atoms. The number of benzene rings is 2. The number of carbonyl (C=O) groups is 1. The molecule has 7 nitrogen and oxygen atoms in total. The normalized spacial score (nSPS) is 17.6. The number of carbonyl (C=O) groups excluding carboxylic acids is 1. The number of rotatable bonds is 8. The van der Waals surface area contributed by atoms with Crippen LogP contribution in [0.25, 0.3) is 0 Å². The Morgan fingerprint density at radius 1 is 0.821 bits per heavy atom. The molecule has 150 valence electrons. The number of ketones is 1. The van der Waals surface area contributed by atoms with Crippen LogP contribution in [-0.2, 0) is 4.74 Å². The van der Waals surface area contributed by atoms with Gasteiger partial charge >= 0.3 is 0 Å². The summed E-state index contributed by atoms with van der Waals surface area (Å²) in [6, 6.07) is 6.90. The van der Waals surface area contributed by atoms with Crippen LogP contribution in [0, 0.1) is 0 Å². The van der Waals surface area contributed by atoms with Crippen LogP contribution in [0.4, 0.5) is 0 Å². The van der Waals surface area contributed by atoms with E-state index >= 15 is 0 Å². The lowest BCUT2D eigenvalue weighted by Gasteiger charge is -2.13. The van der Waals surface area contributed by atoms with Crippen LogP contribution in [0.5, 0.6) is 28.7 Å². The highest BCUT2D eigenvalue weighted by Crippen LogP contribution is 2.47. The van der Waals surface area contributed by atoms with E-state index in [9.17, 15) is 4.79 Å². The topological polar surface area (TPSA) is 75.8 Å². The van der Waals surface area contributed by atoms with Crippen molar-refractivity contribution in [2.45, 2.75) is 12.2 Å². The summed E-state index contributed by atoms with van der Waals surface area (Å²) in [5.74, 6) is 2.34. The molecule has 2 aromatic carbocycles. The van der Waals surface area contributed by atoms with Crippen LogP contribution < -0.4 is 23.7 Å². The summed E-state index contributed by atoms with van der Waals surface area (Å²) in [7, 11) is 7.67. The number of hydrogen-bond acceptors (Lipinski definition) is 7. The molecule has 1 aliphatic heterocycles. The Balaban J connectivity index is 1.89. The molecule has 0 radical (unpaired) electrons.